The number of rotatable bonds is 7. The molecular formula is C24H18F3N3O5. The van der Waals surface area contributed by atoms with Crippen LogP contribution in [0.5, 0.6) is 5.75 Å². The van der Waals surface area contributed by atoms with E-state index < -0.39 is 29.3 Å². The fraction of sp³-hybridized carbons (Fsp3) is 0.125. The van der Waals surface area contributed by atoms with Gasteiger partial charge in [0, 0.05) is 23.7 Å². The van der Waals surface area contributed by atoms with Crippen LogP contribution in [0, 0.1) is 0 Å². The summed E-state index contributed by atoms with van der Waals surface area (Å²) in [6.45, 7) is -0.327. The summed E-state index contributed by atoms with van der Waals surface area (Å²) in [5, 5.41) is 0. The smallest absolute Gasteiger partial charge is 0.464 e. The third-order valence-corrected chi connectivity index (χ3v) is 4.95. The van der Waals surface area contributed by atoms with E-state index in [0.717, 1.165) is 6.07 Å². The molecule has 2 aromatic heterocycles. The van der Waals surface area contributed by atoms with Crippen LogP contribution in [0.2, 0.25) is 0 Å². The van der Waals surface area contributed by atoms with Gasteiger partial charge < -0.3 is 19.0 Å². The third kappa shape index (κ3) is 6.08. The predicted octanol–water partition coefficient (Wildman–Crippen LogP) is 4.06. The number of furan rings is 1. The molecule has 2 N–H and O–H groups in total. The minimum atomic E-state index is -4.98. The van der Waals surface area contributed by atoms with Crippen molar-refractivity contribution >= 4 is 5.91 Å². The Morgan fingerprint density at radius 3 is 2.37 bits per heavy atom. The van der Waals surface area contributed by atoms with Gasteiger partial charge in [0.15, 0.2) is 0 Å². The van der Waals surface area contributed by atoms with Crippen LogP contribution in [0.1, 0.15) is 21.6 Å². The molecule has 0 saturated carbocycles. The molecule has 1 amide bonds. The number of carbonyl (C=O) groups is 1. The summed E-state index contributed by atoms with van der Waals surface area (Å²) in [5.74, 6) is -0.941. The van der Waals surface area contributed by atoms with Gasteiger partial charge in [-0.3, -0.25) is 14.6 Å². The Morgan fingerprint density at radius 2 is 1.71 bits per heavy atom. The number of benzene rings is 2. The number of halogens is 3. The average Bonchev–Trinajstić information content (AvgIpc) is 3.33. The highest BCUT2D eigenvalue weighted by Crippen LogP contribution is 2.33. The third-order valence-electron chi connectivity index (χ3n) is 4.95. The fourth-order valence-electron chi connectivity index (χ4n) is 3.46. The van der Waals surface area contributed by atoms with E-state index in [2.05, 4.69) is 9.72 Å². The number of nitrogens with zero attached hydrogens (tertiary/aromatic N) is 1. The molecule has 0 atom stereocenters. The number of hydrogen-bond acceptors (Lipinski definition) is 5. The SMILES string of the molecule is O=C(c1cc(=O)[nH]c(=O)[nH]1)N(Cc1ccccc1)Cc1ccc(-c2ccco2)cc1OC(F)(F)F. The molecule has 2 heterocycles. The Hall–Kier alpha value is -4.54. The summed E-state index contributed by atoms with van der Waals surface area (Å²) in [6, 6.07) is 16.9. The molecule has 0 unspecified atom stereocenters. The largest absolute Gasteiger partial charge is 0.573 e. The molecule has 0 aliphatic rings. The maximum atomic E-state index is 13.2. The van der Waals surface area contributed by atoms with Crippen LogP contribution in [0.4, 0.5) is 13.2 Å². The molecule has 8 nitrogen and oxygen atoms in total. The van der Waals surface area contributed by atoms with E-state index in [0.29, 0.717) is 16.9 Å². The number of carbonyl (C=O) groups excluding carboxylic acids is 1. The van der Waals surface area contributed by atoms with Crippen molar-refractivity contribution in [1.82, 2.24) is 14.9 Å². The molecule has 0 aliphatic heterocycles. The Morgan fingerprint density at radius 1 is 0.943 bits per heavy atom. The van der Waals surface area contributed by atoms with Crippen LogP contribution < -0.4 is 16.0 Å². The first-order chi connectivity index (χ1) is 16.7. The number of amides is 1. The standard InChI is InChI=1S/C24H18F3N3O5/c25-24(26,27)35-20-11-16(19-7-4-10-34-19)8-9-17(20)14-30(13-15-5-2-1-3-6-15)22(32)18-12-21(31)29-23(33)28-18/h1-12H,13-14H2,(H2,28,29,31,33). The monoisotopic (exact) mass is 485 g/mol. The Bertz CT molecular complexity index is 1400. The highest BCUT2D eigenvalue weighted by Gasteiger charge is 2.33. The van der Waals surface area contributed by atoms with Crippen molar-refractivity contribution in [3.05, 3.63) is 111 Å². The molecule has 180 valence electrons. The van der Waals surface area contributed by atoms with Crippen molar-refractivity contribution in [2.45, 2.75) is 19.5 Å². The van der Waals surface area contributed by atoms with Crippen molar-refractivity contribution in [2.24, 2.45) is 0 Å². The molecule has 4 rings (SSSR count). The summed E-state index contributed by atoms with van der Waals surface area (Å²) in [6.07, 6.45) is -3.60. The highest BCUT2D eigenvalue weighted by atomic mass is 19.4. The first-order valence-corrected chi connectivity index (χ1v) is 10.3. The number of H-pyrrole nitrogens is 2. The van der Waals surface area contributed by atoms with Gasteiger partial charge in [-0.1, -0.05) is 42.5 Å². The van der Waals surface area contributed by atoms with E-state index >= 15 is 0 Å². The number of ether oxygens (including phenoxy) is 1. The molecule has 0 fully saturated rings. The van der Waals surface area contributed by atoms with Gasteiger partial charge in [0.05, 0.1) is 12.8 Å². The van der Waals surface area contributed by atoms with Crippen molar-refractivity contribution in [2.75, 3.05) is 0 Å². The van der Waals surface area contributed by atoms with Gasteiger partial charge in [-0.25, -0.2) is 4.79 Å². The number of nitrogens with one attached hydrogen (secondary N) is 2. The molecule has 0 radical (unpaired) electrons. The van der Waals surface area contributed by atoms with E-state index in [9.17, 15) is 27.6 Å². The van der Waals surface area contributed by atoms with E-state index in [-0.39, 0.29) is 24.3 Å². The molecule has 0 aliphatic carbocycles. The summed E-state index contributed by atoms with van der Waals surface area (Å²) in [5.41, 5.74) is -0.907. The number of alkyl halides is 3. The van der Waals surface area contributed by atoms with E-state index in [4.69, 9.17) is 4.42 Å². The lowest BCUT2D eigenvalue weighted by Gasteiger charge is -2.24. The number of aromatic amines is 2. The van der Waals surface area contributed by atoms with Crippen molar-refractivity contribution in [3.63, 3.8) is 0 Å². The molecule has 0 spiro atoms. The predicted molar refractivity (Wildman–Crippen MR) is 119 cm³/mol. The highest BCUT2D eigenvalue weighted by molar-refractivity contribution is 5.92. The first kappa shape index (κ1) is 23.6. The molecular weight excluding hydrogens is 467 g/mol. The quantitative estimate of drug-likeness (QED) is 0.410. The molecule has 4 aromatic rings. The van der Waals surface area contributed by atoms with Crippen molar-refractivity contribution in [3.8, 4) is 17.1 Å². The van der Waals surface area contributed by atoms with Crippen LogP contribution >= 0.6 is 0 Å². The Labute approximate surface area is 195 Å². The molecule has 2 aromatic carbocycles. The van der Waals surface area contributed by atoms with Crippen molar-refractivity contribution < 1.29 is 27.1 Å². The second-order valence-corrected chi connectivity index (χ2v) is 7.50. The van der Waals surface area contributed by atoms with Crippen LogP contribution in [-0.2, 0) is 13.1 Å². The van der Waals surface area contributed by atoms with Gasteiger partial charge in [0.25, 0.3) is 11.5 Å². The number of aromatic nitrogens is 2. The zero-order valence-corrected chi connectivity index (χ0v) is 18.0. The zero-order valence-electron chi connectivity index (χ0n) is 18.0. The summed E-state index contributed by atoms with van der Waals surface area (Å²) in [4.78, 5) is 42.0. The Kier molecular flexibility index (Phi) is 6.58. The minimum Gasteiger partial charge on any atom is -0.464 e. The maximum Gasteiger partial charge on any atom is 0.573 e. The normalized spacial score (nSPS) is 11.3. The molecule has 11 heteroatoms. The summed E-state index contributed by atoms with van der Waals surface area (Å²) < 4.78 is 49.1. The Balaban J connectivity index is 1.74. The maximum absolute atomic E-state index is 13.2. The van der Waals surface area contributed by atoms with Crippen LogP contribution in [0.25, 0.3) is 11.3 Å². The van der Waals surface area contributed by atoms with E-state index in [1.54, 1.807) is 42.5 Å². The second kappa shape index (κ2) is 9.75. The van der Waals surface area contributed by atoms with Crippen LogP contribution in [0.15, 0.2) is 87.0 Å². The zero-order chi connectivity index (χ0) is 25.0. The molecule has 0 bridgehead atoms. The van der Waals surface area contributed by atoms with Crippen molar-refractivity contribution in [1.29, 1.82) is 0 Å². The summed E-state index contributed by atoms with van der Waals surface area (Å²) in [7, 11) is 0. The van der Waals surface area contributed by atoms with Gasteiger partial charge in [0.1, 0.15) is 17.2 Å². The van der Waals surface area contributed by atoms with Gasteiger partial charge >= 0.3 is 12.1 Å². The fourth-order valence-corrected chi connectivity index (χ4v) is 3.46. The average molecular weight is 485 g/mol. The minimum absolute atomic E-state index is 0.0140. The summed E-state index contributed by atoms with van der Waals surface area (Å²) >= 11 is 0. The number of hydrogen-bond donors (Lipinski definition) is 2. The van der Waals surface area contributed by atoms with E-state index in [1.165, 1.54) is 29.4 Å². The first-order valence-electron chi connectivity index (χ1n) is 10.3. The van der Waals surface area contributed by atoms with Gasteiger partial charge in [-0.2, -0.15) is 0 Å². The van der Waals surface area contributed by atoms with Gasteiger partial charge in [-0.05, 0) is 23.8 Å². The molecule has 35 heavy (non-hydrogen) atoms. The van der Waals surface area contributed by atoms with E-state index in [1.807, 2.05) is 4.98 Å². The van der Waals surface area contributed by atoms with Crippen LogP contribution in [-0.4, -0.2) is 27.1 Å². The lowest BCUT2D eigenvalue weighted by Crippen LogP contribution is -2.34. The van der Waals surface area contributed by atoms with Gasteiger partial charge in [-0.15, -0.1) is 13.2 Å². The van der Waals surface area contributed by atoms with Crippen LogP contribution in [0.3, 0.4) is 0 Å². The topological polar surface area (TPSA) is 108 Å². The lowest BCUT2D eigenvalue weighted by molar-refractivity contribution is -0.274. The molecule has 0 saturated heterocycles. The van der Waals surface area contributed by atoms with Gasteiger partial charge in [0.2, 0.25) is 0 Å². The lowest BCUT2D eigenvalue weighted by atomic mass is 10.1. The second-order valence-electron chi connectivity index (χ2n) is 7.50.